The first-order valence-electron chi connectivity index (χ1n) is 8.90. The highest BCUT2D eigenvalue weighted by Crippen LogP contribution is 2.40. The lowest BCUT2D eigenvalue weighted by molar-refractivity contribution is -0.133. The van der Waals surface area contributed by atoms with Crippen LogP contribution in [0.2, 0.25) is 0 Å². The van der Waals surface area contributed by atoms with E-state index >= 15 is 0 Å². The molecular weight excluding hydrogens is 394 g/mol. The topological polar surface area (TPSA) is 66.4 Å². The molecule has 3 rings (SSSR count). The fraction of sp³-hybridized carbons (Fsp3) is 0.333. The summed E-state index contributed by atoms with van der Waals surface area (Å²) >= 11 is 3.35. The number of rotatable bonds is 7. The van der Waals surface area contributed by atoms with E-state index in [0.717, 1.165) is 17.3 Å². The maximum atomic E-state index is 12.7. The van der Waals surface area contributed by atoms with Crippen LogP contribution in [0, 0.1) is 0 Å². The molecule has 0 saturated carbocycles. The average molecular weight is 416 g/mol. The van der Waals surface area contributed by atoms with Gasteiger partial charge in [0.1, 0.15) is 0 Å². The quantitative estimate of drug-likeness (QED) is 0.512. The Morgan fingerprint density at radius 1 is 1.15 bits per heavy atom. The van der Waals surface area contributed by atoms with Crippen molar-refractivity contribution in [3.05, 3.63) is 63.6 Å². The lowest BCUT2D eigenvalue weighted by Gasteiger charge is -2.20. The SMILES string of the molecule is CCCCCc1ccc(C(=O)CC2(O)C(=O)Nc3ccc(Br)cc32)cc1. The van der Waals surface area contributed by atoms with E-state index in [4.69, 9.17) is 0 Å². The van der Waals surface area contributed by atoms with Gasteiger partial charge in [-0.25, -0.2) is 0 Å². The molecule has 2 aromatic carbocycles. The Balaban J connectivity index is 1.75. The lowest BCUT2D eigenvalue weighted by Crippen LogP contribution is -2.36. The second-order valence-corrected chi connectivity index (χ2v) is 7.67. The highest BCUT2D eigenvalue weighted by atomic mass is 79.9. The third kappa shape index (κ3) is 3.74. The Hall–Kier alpha value is -1.98. The number of hydrogen-bond donors (Lipinski definition) is 2. The smallest absolute Gasteiger partial charge is 0.261 e. The maximum absolute atomic E-state index is 12.7. The number of nitrogens with one attached hydrogen (secondary N) is 1. The van der Waals surface area contributed by atoms with E-state index in [1.165, 1.54) is 18.4 Å². The Kier molecular flexibility index (Phi) is 5.58. The number of anilines is 1. The Bertz CT molecular complexity index is 832. The Labute approximate surface area is 161 Å². The normalized spacial score (nSPS) is 18.5. The van der Waals surface area contributed by atoms with Crippen LogP contribution in [0.3, 0.4) is 0 Å². The van der Waals surface area contributed by atoms with Crippen molar-refractivity contribution in [3.8, 4) is 0 Å². The van der Waals surface area contributed by atoms with Gasteiger partial charge in [0.2, 0.25) is 0 Å². The number of benzene rings is 2. The Morgan fingerprint density at radius 3 is 2.58 bits per heavy atom. The standard InChI is InChI=1S/C21H22BrNO3/c1-2-3-4-5-14-6-8-15(9-7-14)19(24)13-21(26)17-12-16(22)10-11-18(17)23-20(21)25/h6-12,26H,2-5,13H2,1H3,(H,23,25). The lowest BCUT2D eigenvalue weighted by atomic mass is 9.88. The molecule has 0 fully saturated rings. The molecule has 2 N–H and O–H groups in total. The fourth-order valence-corrected chi connectivity index (χ4v) is 3.62. The molecule has 2 aromatic rings. The molecule has 136 valence electrons. The molecular formula is C21H22BrNO3. The maximum Gasteiger partial charge on any atom is 0.261 e. The second-order valence-electron chi connectivity index (χ2n) is 6.76. The van der Waals surface area contributed by atoms with Gasteiger partial charge in [-0.05, 0) is 36.6 Å². The largest absolute Gasteiger partial charge is 0.375 e. The summed E-state index contributed by atoms with van der Waals surface area (Å²) in [5, 5.41) is 13.6. The first-order chi connectivity index (χ1) is 12.4. The predicted molar refractivity (Wildman–Crippen MR) is 105 cm³/mol. The minimum atomic E-state index is -1.84. The van der Waals surface area contributed by atoms with Gasteiger partial charge >= 0.3 is 0 Å². The van der Waals surface area contributed by atoms with Gasteiger partial charge in [0.05, 0.1) is 6.42 Å². The zero-order valence-electron chi connectivity index (χ0n) is 14.7. The van der Waals surface area contributed by atoms with Crippen molar-refractivity contribution in [1.29, 1.82) is 0 Å². The van der Waals surface area contributed by atoms with Gasteiger partial charge in [-0.2, -0.15) is 0 Å². The van der Waals surface area contributed by atoms with Crippen molar-refractivity contribution < 1.29 is 14.7 Å². The van der Waals surface area contributed by atoms with Gasteiger partial charge in [-0.3, -0.25) is 9.59 Å². The van der Waals surface area contributed by atoms with E-state index in [0.29, 0.717) is 16.8 Å². The molecule has 0 radical (unpaired) electrons. The summed E-state index contributed by atoms with van der Waals surface area (Å²) < 4.78 is 0.745. The summed E-state index contributed by atoms with van der Waals surface area (Å²) in [5.41, 5.74) is 0.840. The fourth-order valence-electron chi connectivity index (χ4n) is 3.26. The molecule has 0 spiro atoms. The number of fused-ring (bicyclic) bond motifs is 1. The van der Waals surface area contributed by atoms with Gasteiger partial charge in [0.25, 0.3) is 5.91 Å². The van der Waals surface area contributed by atoms with Gasteiger partial charge in [-0.1, -0.05) is 60.0 Å². The van der Waals surface area contributed by atoms with Crippen LogP contribution >= 0.6 is 15.9 Å². The number of unbranched alkanes of at least 4 members (excludes halogenated alkanes) is 2. The Morgan fingerprint density at radius 2 is 1.88 bits per heavy atom. The van der Waals surface area contributed by atoms with Crippen molar-refractivity contribution >= 4 is 33.3 Å². The number of hydrogen-bond acceptors (Lipinski definition) is 3. The number of carbonyl (C=O) groups is 2. The molecule has 1 heterocycles. The van der Waals surface area contributed by atoms with E-state index in [2.05, 4.69) is 28.2 Å². The van der Waals surface area contributed by atoms with Gasteiger partial charge in [0, 0.05) is 21.3 Å². The molecule has 4 nitrogen and oxygen atoms in total. The number of halogens is 1. The molecule has 0 saturated heterocycles. The van der Waals surface area contributed by atoms with Gasteiger partial charge in [-0.15, -0.1) is 0 Å². The first kappa shape index (κ1) is 18.8. The third-order valence-corrected chi connectivity index (χ3v) is 5.31. The van der Waals surface area contributed by atoms with Crippen LogP contribution in [-0.2, 0) is 16.8 Å². The van der Waals surface area contributed by atoms with E-state index < -0.39 is 11.5 Å². The van der Waals surface area contributed by atoms with Crippen LogP contribution < -0.4 is 5.32 Å². The number of carbonyl (C=O) groups excluding carboxylic acids is 2. The van der Waals surface area contributed by atoms with E-state index in [1.807, 2.05) is 12.1 Å². The van der Waals surface area contributed by atoms with Crippen LogP contribution in [0.5, 0.6) is 0 Å². The molecule has 0 bridgehead atoms. The van der Waals surface area contributed by atoms with Gasteiger partial charge < -0.3 is 10.4 Å². The average Bonchev–Trinajstić information content (AvgIpc) is 2.86. The summed E-state index contributed by atoms with van der Waals surface area (Å²) in [6.07, 6.45) is 4.22. The minimum absolute atomic E-state index is 0.254. The minimum Gasteiger partial charge on any atom is -0.375 e. The summed E-state index contributed by atoms with van der Waals surface area (Å²) in [5.74, 6) is -0.814. The molecule has 0 aromatic heterocycles. The number of ketones is 1. The number of aryl methyl sites for hydroxylation is 1. The summed E-state index contributed by atoms with van der Waals surface area (Å²) in [4.78, 5) is 25.0. The summed E-state index contributed by atoms with van der Waals surface area (Å²) in [6.45, 7) is 2.17. The molecule has 1 aliphatic heterocycles. The van der Waals surface area contributed by atoms with E-state index in [-0.39, 0.29) is 12.2 Å². The first-order valence-corrected chi connectivity index (χ1v) is 9.69. The molecule has 1 aliphatic rings. The van der Waals surface area contributed by atoms with Crippen LogP contribution in [0.4, 0.5) is 5.69 Å². The third-order valence-electron chi connectivity index (χ3n) is 4.81. The second kappa shape index (κ2) is 7.72. The van der Waals surface area contributed by atoms with Crippen LogP contribution in [0.15, 0.2) is 46.9 Å². The van der Waals surface area contributed by atoms with Crippen LogP contribution in [0.25, 0.3) is 0 Å². The van der Waals surface area contributed by atoms with Gasteiger partial charge in [0.15, 0.2) is 11.4 Å². The summed E-state index contributed by atoms with van der Waals surface area (Å²) in [7, 11) is 0. The van der Waals surface area contributed by atoms with Crippen molar-refractivity contribution in [3.63, 3.8) is 0 Å². The molecule has 1 atom stereocenters. The molecule has 1 unspecified atom stereocenters. The molecule has 26 heavy (non-hydrogen) atoms. The number of aliphatic hydroxyl groups is 1. The summed E-state index contributed by atoms with van der Waals surface area (Å²) in [6, 6.07) is 12.6. The molecule has 1 amide bonds. The highest BCUT2D eigenvalue weighted by Gasteiger charge is 2.46. The van der Waals surface area contributed by atoms with Crippen LogP contribution in [0.1, 0.15) is 54.1 Å². The number of amides is 1. The van der Waals surface area contributed by atoms with E-state index in [1.54, 1.807) is 30.3 Å². The van der Waals surface area contributed by atoms with Crippen molar-refractivity contribution in [1.82, 2.24) is 0 Å². The zero-order chi connectivity index (χ0) is 18.7. The monoisotopic (exact) mass is 415 g/mol. The number of Topliss-reactive ketones (excluding diaryl/α,β-unsaturated/α-hetero) is 1. The van der Waals surface area contributed by atoms with Crippen LogP contribution in [-0.4, -0.2) is 16.8 Å². The zero-order valence-corrected chi connectivity index (χ0v) is 16.3. The van der Waals surface area contributed by atoms with Crippen molar-refractivity contribution in [2.75, 3.05) is 5.32 Å². The van der Waals surface area contributed by atoms with E-state index in [9.17, 15) is 14.7 Å². The molecule has 5 heteroatoms. The predicted octanol–water partition coefficient (Wildman–Crippen LogP) is 4.59. The molecule has 0 aliphatic carbocycles. The highest BCUT2D eigenvalue weighted by molar-refractivity contribution is 9.10. The van der Waals surface area contributed by atoms with Crippen molar-refractivity contribution in [2.45, 2.75) is 44.6 Å². The van der Waals surface area contributed by atoms with Crippen molar-refractivity contribution in [2.24, 2.45) is 0 Å².